The summed E-state index contributed by atoms with van der Waals surface area (Å²) in [5.41, 5.74) is 0. The summed E-state index contributed by atoms with van der Waals surface area (Å²) in [6.07, 6.45) is 0. The van der Waals surface area contributed by atoms with E-state index in [9.17, 15) is 4.39 Å². The van der Waals surface area contributed by atoms with E-state index in [2.05, 4.69) is 9.97 Å². The maximum atomic E-state index is 12.8. The van der Waals surface area contributed by atoms with E-state index in [1.54, 1.807) is 0 Å². The molecule has 0 bridgehead atoms. The number of hydrogen-bond donors (Lipinski definition) is 2. The average molecular weight is 186 g/mol. The fraction of sp³-hybridized carbons (Fsp3) is 0. The highest BCUT2D eigenvalue weighted by Crippen LogP contribution is 2.30. The summed E-state index contributed by atoms with van der Waals surface area (Å²) >= 11 is 0.996. The molecule has 0 aliphatic heterocycles. The van der Waals surface area contributed by atoms with E-state index in [1.165, 1.54) is 5.38 Å². The van der Waals surface area contributed by atoms with E-state index in [0.717, 1.165) is 11.3 Å². The van der Waals surface area contributed by atoms with Gasteiger partial charge in [-0.1, -0.05) is 0 Å². The van der Waals surface area contributed by atoms with Gasteiger partial charge in [0.15, 0.2) is 0 Å². The van der Waals surface area contributed by atoms with Crippen molar-refractivity contribution < 1.29 is 14.6 Å². The summed E-state index contributed by atoms with van der Waals surface area (Å²) in [4.78, 5) is 6.96. The van der Waals surface area contributed by atoms with Gasteiger partial charge in [-0.05, 0) is 0 Å². The highest BCUT2D eigenvalue weighted by atomic mass is 32.1. The second kappa shape index (κ2) is 2.28. The lowest BCUT2D eigenvalue weighted by Crippen LogP contribution is -1.82. The molecule has 12 heavy (non-hydrogen) atoms. The van der Waals surface area contributed by atoms with Crippen LogP contribution in [-0.2, 0) is 0 Å². The molecule has 2 aromatic rings. The van der Waals surface area contributed by atoms with Gasteiger partial charge >= 0.3 is 6.01 Å². The van der Waals surface area contributed by atoms with Crippen LogP contribution in [0, 0.1) is 5.82 Å². The monoisotopic (exact) mass is 186 g/mol. The van der Waals surface area contributed by atoms with Gasteiger partial charge in [0, 0.05) is 5.38 Å². The van der Waals surface area contributed by atoms with E-state index in [0.29, 0.717) is 0 Å². The Labute approximate surface area is 69.9 Å². The molecule has 0 saturated heterocycles. The molecule has 2 rings (SSSR count). The van der Waals surface area contributed by atoms with Crippen molar-refractivity contribution in [2.45, 2.75) is 0 Å². The Morgan fingerprint density at radius 3 is 2.83 bits per heavy atom. The third-order valence-electron chi connectivity index (χ3n) is 1.36. The number of aromatic nitrogens is 2. The SMILES string of the molecule is Oc1nc(O)c2c(F)csc2n1. The summed E-state index contributed by atoms with van der Waals surface area (Å²) < 4.78 is 12.8. The van der Waals surface area contributed by atoms with Crippen LogP contribution in [0.4, 0.5) is 4.39 Å². The maximum absolute atomic E-state index is 12.8. The minimum absolute atomic E-state index is 0.0437. The number of fused-ring (bicyclic) bond motifs is 1. The Bertz CT molecular complexity index is 442. The number of aromatic hydroxyl groups is 2. The Morgan fingerprint density at radius 1 is 1.33 bits per heavy atom. The quantitative estimate of drug-likeness (QED) is 0.649. The van der Waals surface area contributed by atoms with Gasteiger partial charge in [0.05, 0.1) is 0 Å². The minimum Gasteiger partial charge on any atom is -0.493 e. The van der Waals surface area contributed by atoms with Gasteiger partial charge in [-0.2, -0.15) is 9.97 Å². The standard InChI is InChI=1S/C6H3FN2O2S/c7-2-1-12-5-3(2)4(10)8-6(11)9-5/h1H,(H2,8,9,10,11). The zero-order chi connectivity index (χ0) is 8.72. The smallest absolute Gasteiger partial charge is 0.318 e. The molecule has 0 aliphatic carbocycles. The van der Waals surface area contributed by atoms with Crippen LogP contribution in [0.3, 0.4) is 0 Å². The van der Waals surface area contributed by atoms with Crippen molar-refractivity contribution in [1.29, 1.82) is 0 Å². The first kappa shape index (κ1) is 7.23. The zero-order valence-corrected chi connectivity index (χ0v) is 6.47. The number of rotatable bonds is 0. The first-order chi connectivity index (χ1) is 5.68. The number of nitrogens with zero attached hydrogens (tertiary/aromatic N) is 2. The second-order valence-electron chi connectivity index (χ2n) is 2.11. The molecule has 2 aromatic heterocycles. The number of hydrogen-bond acceptors (Lipinski definition) is 5. The summed E-state index contributed by atoms with van der Waals surface area (Å²) in [6.45, 7) is 0. The molecule has 0 radical (unpaired) electrons. The fourth-order valence-corrected chi connectivity index (χ4v) is 1.65. The van der Waals surface area contributed by atoms with Crippen LogP contribution >= 0.6 is 11.3 Å². The van der Waals surface area contributed by atoms with Crippen LogP contribution in [0.25, 0.3) is 10.2 Å². The lowest BCUT2D eigenvalue weighted by atomic mass is 10.4. The minimum atomic E-state index is -0.576. The third kappa shape index (κ3) is 0.884. The highest BCUT2D eigenvalue weighted by molar-refractivity contribution is 7.16. The summed E-state index contributed by atoms with van der Waals surface area (Å²) in [5.74, 6) is -1.11. The third-order valence-corrected chi connectivity index (χ3v) is 2.20. The molecular formula is C6H3FN2O2S. The van der Waals surface area contributed by atoms with Crippen LogP contribution in [-0.4, -0.2) is 20.2 Å². The van der Waals surface area contributed by atoms with Crippen LogP contribution < -0.4 is 0 Å². The van der Waals surface area contributed by atoms with Crippen molar-refractivity contribution in [2.24, 2.45) is 0 Å². The van der Waals surface area contributed by atoms with Crippen molar-refractivity contribution in [1.82, 2.24) is 9.97 Å². The van der Waals surface area contributed by atoms with Crippen molar-refractivity contribution in [2.75, 3.05) is 0 Å². The zero-order valence-electron chi connectivity index (χ0n) is 5.65. The molecule has 0 fully saturated rings. The van der Waals surface area contributed by atoms with E-state index >= 15 is 0 Å². The van der Waals surface area contributed by atoms with E-state index in [1.807, 2.05) is 0 Å². The fourth-order valence-electron chi connectivity index (χ4n) is 0.879. The van der Waals surface area contributed by atoms with Gasteiger partial charge in [-0.15, -0.1) is 11.3 Å². The Morgan fingerprint density at radius 2 is 2.08 bits per heavy atom. The Hall–Kier alpha value is -1.43. The van der Waals surface area contributed by atoms with Crippen molar-refractivity contribution in [3.63, 3.8) is 0 Å². The van der Waals surface area contributed by atoms with Crippen molar-refractivity contribution in [3.8, 4) is 11.9 Å². The number of halogens is 1. The summed E-state index contributed by atoms with van der Waals surface area (Å²) in [7, 11) is 0. The molecule has 62 valence electrons. The lowest BCUT2D eigenvalue weighted by Gasteiger charge is -1.93. The van der Waals surface area contributed by atoms with Crippen LogP contribution in [0.15, 0.2) is 5.38 Å². The topological polar surface area (TPSA) is 66.2 Å². The van der Waals surface area contributed by atoms with E-state index in [4.69, 9.17) is 10.2 Å². The molecule has 2 N–H and O–H groups in total. The molecule has 0 aliphatic rings. The molecule has 4 nitrogen and oxygen atoms in total. The van der Waals surface area contributed by atoms with Crippen molar-refractivity contribution in [3.05, 3.63) is 11.2 Å². The molecule has 0 spiro atoms. The summed E-state index contributed by atoms with van der Waals surface area (Å²) in [5, 5.41) is 19.0. The van der Waals surface area contributed by atoms with Crippen LogP contribution in [0.1, 0.15) is 0 Å². The van der Waals surface area contributed by atoms with Gasteiger partial charge in [-0.25, -0.2) is 4.39 Å². The Kier molecular flexibility index (Phi) is 1.37. The molecule has 0 unspecified atom stereocenters. The lowest BCUT2D eigenvalue weighted by molar-refractivity contribution is 0.403. The maximum Gasteiger partial charge on any atom is 0.318 e. The molecule has 0 aromatic carbocycles. The molecule has 6 heteroatoms. The first-order valence-electron chi connectivity index (χ1n) is 3.01. The summed E-state index contributed by atoms with van der Waals surface area (Å²) in [6, 6.07) is -0.554. The van der Waals surface area contributed by atoms with Gasteiger partial charge in [0.2, 0.25) is 5.88 Å². The van der Waals surface area contributed by atoms with Gasteiger partial charge in [0.25, 0.3) is 0 Å². The Balaban J connectivity index is 2.93. The van der Waals surface area contributed by atoms with Crippen LogP contribution in [0.2, 0.25) is 0 Å². The molecule has 0 saturated carbocycles. The van der Waals surface area contributed by atoms with Crippen molar-refractivity contribution >= 4 is 21.6 Å². The highest BCUT2D eigenvalue weighted by Gasteiger charge is 2.12. The normalized spacial score (nSPS) is 10.8. The second-order valence-corrected chi connectivity index (χ2v) is 2.97. The molecule has 0 atom stereocenters. The predicted molar refractivity (Wildman–Crippen MR) is 40.7 cm³/mol. The number of thiophene rings is 1. The predicted octanol–water partition coefficient (Wildman–Crippen LogP) is 1.24. The van der Waals surface area contributed by atoms with E-state index < -0.39 is 17.7 Å². The van der Waals surface area contributed by atoms with Gasteiger partial charge < -0.3 is 10.2 Å². The van der Waals surface area contributed by atoms with E-state index in [-0.39, 0.29) is 10.2 Å². The van der Waals surface area contributed by atoms with Crippen LogP contribution in [0.5, 0.6) is 11.9 Å². The molecular weight excluding hydrogens is 183 g/mol. The molecule has 0 amide bonds. The molecule has 2 heterocycles. The largest absolute Gasteiger partial charge is 0.493 e. The first-order valence-corrected chi connectivity index (χ1v) is 3.89. The van der Waals surface area contributed by atoms with Gasteiger partial charge in [0.1, 0.15) is 16.0 Å². The van der Waals surface area contributed by atoms with Gasteiger partial charge in [-0.3, -0.25) is 0 Å². The average Bonchev–Trinajstić information content (AvgIpc) is 2.31.